The van der Waals surface area contributed by atoms with E-state index in [1.54, 1.807) is 0 Å². The van der Waals surface area contributed by atoms with Gasteiger partial charge in [0.1, 0.15) is 6.61 Å². The highest BCUT2D eigenvalue weighted by Gasteiger charge is 2.31. The van der Waals surface area contributed by atoms with E-state index >= 15 is 0 Å². The number of carboxylic acid groups (broad SMARTS) is 1. The Labute approximate surface area is 330 Å². The number of nitrogens with zero attached hydrogens (tertiary/aromatic N) is 1. The SMILES string of the molecule is CCCCC/C=C/C/C=C/C/C=C/C/C=C/CCCC(=O)OC(COCCC(C(=O)O)[N+](C)(C)C)COC(=O)CC/C=C/C/C=C/CCCCCCCC. The molecule has 0 rings (SSSR count). The number of quaternary nitrogens is 1. The Hall–Kier alpha value is -3.23. The second-order valence-corrected chi connectivity index (χ2v) is 14.9. The Bertz CT molecular complexity index is 1110. The maximum absolute atomic E-state index is 12.7. The molecule has 0 saturated heterocycles. The molecule has 0 radical (unpaired) electrons. The van der Waals surface area contributed by atoms with Gasteiger partial charge in [0.05, 0.1) is 34.4 Å². The van der Waals surface area contributed by atoms with Gasteiger partial charge in [0.2, 0.25) is 0 Å². The zero-order valence-electron chi connectivity index (χ0n) is 34.9. The van der Waals surface area contributed by atoms with Crippen molar-refractivity contribution in [3.05, 3.63) is 72.9 Å². The van der Waals surface area contributed by atoms with Crippen molar-refractivity contribution in [3.63, 3.8) is 0 Å². The molecule has 54 heavy (non-hydrogen) atoms. The molecular formula is C46H78NO7+. The van der Waals surface area contributed by atoms with E-state index in [-0.39, 0.29) is 49.1 Å². The van der Waals surface area contributed by atoms with Gasteiger partial charge in [-0.25, -0.2) is 4.79 Å². The standard InChI is InChI=1S/C46H77NO7/c1-6-8-10-12-14-16-18-20-21-22-23-25-27-29-31-33-35-37-45(49)54-42(40-52-39-38-43(46(50)51)47(3,4)5)41-53-44(48)36-34-32-30-28-26-24-19-17-15-13-11-9-7-2/h14,16,20-21,23-26,29-32,42-43H,6-13,15,17-19,22,27-28,33-41H2,1-5H3/p+1/b16-14+,21-20+,25-23+,26-24+,31-29+,32-30+. The third kappa shape index (κ3) is 34.5. The molecule has 0 bridgehead atoms. The molecule has 0 aromatic rings. The molecule has 0 aliphatic carbocycles. The minimum Gasteiger partial charge on any atom is -0.477 e. The van der Waals surface area contributed by atoms with Crippen molar-refractivity contribution in [1.29, 1.82) is 0 Å². The maximum atomic E-state index is 12.7. The minimum absolute atomic E-state index is 0.0185. The second kappa shape index (κ2) is 36.7. The fraction of sp³-hybridized carbons (Fsp3) is 0.674. The highest BCUT2D eigenvalue weighted by Crippen LogP contribution is 2.11. The van der Waals surface area contributed by atoms with E-state index in [1.807, 2.05) is 27.2 Å². The molecular weight excluding hydrogens is 679 g/mol. The number of aliphatic carboxylic acids is 1. The predicted octanol–water partition coefficient (Wildman–Crippen LogP) is 11.2. The van der Waals surface area contributed by atoms with Gasteiger partial charge >= 0.3 is 17.9 Å². The quantitative estimate of drug-likeness (QED) is 0.0294. The zero-order valence-corrected chi connectivity index (χ0v) is 34.9. The molecule has 0 spiro atoms. The van der Waals surface area contributed by atoms with Crippen LogP contribution in [0.3, 0.4) is 0 Å². The first kappa shape index (κ1) is 50.8. The van der Waals surface area contributed by atoms with Gasteiger partial charge in [-0.2, -0.15) is 0 Å². The summed E-state index contributed by atoms with van der Waals surface area (Å²) in [4.78, 5) is 36.8. The van der Waals surface area contributed by atoms with Crippen LogP contribution in [-0.4, -0.2) is 80.6 Å². The lowest BCUT2D eigenvalue weighted by Gasteiger charge is -2.31. The van der Waals surface area contributed by atoms with Crippen LogP contribution in [0, 0.1) is 0 Å². The molecule has 0 saturated carbocycles. The molecule has 0 fully saturated rings. The summed E-state index contributed by atoms with van der Waals surface area (Å²) in [6.45, 7) is 4.55. The van der Waals surface area contributed by atoms with E-state index in [2.05, 4.69) is 80.7 Å². The lowest BCUT2D eigenvalue weighted by Crippen LogP contribution is -2.50. The number of carbonyl (C=O) groups excluding carboxylic acids is 2. The molecule has 0 aromatic carbocycles. The van der Waals surface area contributed by atoms with Crippen LogP contribution in [0.1, 0.15) is 149 Å². The summed E-state index contributed by atoms with van der Waals surface area (Å²) >= 11 is 0. The molecule has 2 unspecified atom stereocenters. The van der Waals surface area contributed by atoms with Gasteiger partial charge in [-0.05, 0) is 70.6 Å². The summed E-state index contributed by atoms with van der Waals surface area (Å²) in [5.41, 5.74) is 0. The Balaban J connectivity index is 4.57. The number of ether oxygens (including phenoxy) is 3. The fourth-order valence-corrected chi connectivity index (χ4v) is 5.55. The third-order valence-electron chi connectivity index (χ3n) is 8.84. The van der Waals surface area contributed by atoms with Crippen molar-refractivity contribution in [1.82, 2.24) is 0 Å². The van der Waals surface area contributed by atoms with Crippen molar-refractivity contribution >= 4 is 17.9 Å². The normalized spacial score (nSPS) is 13.7. The van der Waals surface area contributed by atoms with Crippen LogP contribution in [0.2, 0.25) is 0 Å². The summed E-state index contributed by atoms with van der Waals surface area (Å²) in [7, 11) is 5.48. The maximum Gasteiger partial charge on any atom is 0.362 e. The molecule has 0 heterocycles. The molecule has 0 aliphatic rings. The Kier molecular flexibility index (Phi) is 34.5. The van der Waals surface area contributed by atoms with Gasteiger partial charge in [0, 0.05) is 19.3 Å². The van der Waals surface area contributed by atoms with Crippen molar-refractivity contribution < 1.29 is 38.2 Å². The number of carbonyl (C=O) groups is 3. The number of hydrogen-bond donors (Lipinski definition) is 1. The van der Waals surface area contributed by atoms with Gasteiger partial charge in [-0.3, -0.25) is 9.59 Å². The molecule has 8 nitrogen and oxygen atoms in total. The molecule has 2 atom stereocenters. The Morgan fingerprint density at radius 2 is 1.02 bits per heavy atom. The van der Waals surface area contributed by atoms with E-state index in [0.29, 0.717) is 19.3 Å². The average molecular weight is 757 g/mol. The van der Waals surface area contributed by atoms with Crippen molar-refractivity contribution in [2.45, 2.75) is 161 Å². The first-order valence-corrected chi connectivity index (χ1v) is 21.0. The fourth-order valence-electron chi connectivity index (χ4n) is 5.55. The van der Waals surface area contributed by atoms with Crippen LogP contribution < -0.4 is 0 Å². The summed E-state index contributed by atoms with van der Waals surface area (Å²) in [6, 6.07) is -0.634. The first-order valence-electron chi connectivity index (χ1n) is 21.0. The molecule has 8 heteroatoms. The van der Waals surface area contributed by atoms with Crippen LogP contribution in [-0.2, 0) is 28.6 Å². The van der Waals surface area contributed by atoms with Gasteiger partial charge in [0.15, 0.2) is 12.1 Å². The summed E-state index contributed by atoms with van der Waals surface area (Å²) in [5.74, 6) is -1.64. The molecule has 0 aliphatic heterocycles. The van der Waals surface area contributed by atoms with E-state index in [0.717, 1.165) is 38.5 Å². The van der Waals surface area contributed by atoms with Crippen LogP contribution in [0.15, 0.2) is 72.9 Å². The molecule has 0 amide bonds. The van der Waals surface area contributed by atoms with Gasteiger partial charge in [-0.15, -0.1) is 0 Å². The lowest BCUT2D eigenvalue weighted by atomic mass is 10.1. The molecule has 308 valence electrons. The van der Waals surface area contributed by atoms with Crippen molar-refractivity contribution in [3.8, 4) is 0 Å². The highest BCUT2D eigenvalue weighted by atomic mass is 16.6. The monoisotopic (exact) mass is 757 g/mol. The second-order valence-electron chi connectivity index (χ2n) is 14.9. The van der Waals surface area contributed by atoms with E-state index in [4.69, 9.17) is 14.2 Å². The van der Waals surface area contributed by atoms with Gasteiger partial charge in [0.25, 0.3) is 0 Å². The highest BCUT2D eigenvalue weighted by molar-refractivity contribution is 5.72. The smallest absolute Gasteiger partial charge is 0.362 e. The summed E-state index contributed by atoms with van der Waals surface area (Å²) in [6.07, 6.45) is 45.4. The van der Waals surface area contributed by atoms with Crippen LogP contribution >= 0.6 is 0 Å². The summed E-state index contributed by atoms with van der Waals surface area (Å²) in [5, 5.41) is 9.60. The number of hydrogen-bond acceptors (Lipinski definition) is 6. The van der Waals surface area contributed by atoms with Gasteiger partial charge < -0.3 is 23.8 Å². The van der Waals surface area contributed by atoms with Crippen LogP contribution in [0.5, 0.6) is 0 Å². The van der Waals surface area contributed by atoms with Crippen molar-refractivity contribution in [2.24, 2.45) is 0 Å². The van der Waals surface area contributed by atoms with Crippen LogP contribution in [0.25, 0.3) is 0 Å². The number of unbranched alkanes of at least 4 members (excludes halogenated alkanes) is 10. The Morgan fingerprint density at radius 1 is 0.556 bits per heavy atom. The van der Waals surface area contributed by atoms with Crippen molar-refractivity contribution in [2.75, 3.05) is 41.0 Å². The lowest BCUT2D eigenvalue weighted by molar-refractivity contribution is -0.887. The topological polar surface area (TPSA) is 99.1 Å². The zero-order chi connectivity index (χ0) is 40.0. The van der Waals surface area contributed by atoms with Gasteiger partial charge in [-0.1, -0.05) is 132 Å². The van der Waals surface area contributed by atoms with Crippen LogP contribution in [0.4, 0.5) is 0 Å². The first-order chi connectivity index (χ1) is 26.1. The average Bonchev–Trinajstić information content (AvgIpc) is 3.12. The van der Waals surface area contributed by atoms with E-state index in [9.17, 15) is 19.5 Å². The number of carboxylic acids is 1. The number of likely N-dealkylation sites (N-methyl/N-ethyl adjacent to an activating group) is 1. The summed E-state index contributed by atoms with van der Waals surface area (Å²) < 4.78 is 17.1. The van der Waals surface area contributed by atoms with E-state index < -0.39 is 18.1 Å². The number of allylic oxidation sites excluding steroid dienone is 12. The van der Waals surface area contributed by atoms with E-state index in [1.165, 1.54) is 64.2 Å². The minimum atomic E-state index is -0.893. The number of esters is 2. The predicted molar refractivity (Wildman–Crippen MR) is 224 cm³/mol. The number of rotatable bonds is 36. The largest absolute Gasteiger partial charge is 0.477 e. The third-order valence-corrected chi connectivity index (χ3v) is 8.84. The molecule has 1 N–H and O–H groups in total. The Morgan fingerprint density at radius 3 is 1.56 bits per heavy atom. The molecule has 0 aromatic heterocycles.